The number of fused-ring (bicyclic) bond motifs is 1. The van der Waals surface area contributed by atoms with Crippen molar-refractivity contribution in [2.45, 2.75) is 33.1 Å². The van der Waals surface area contributed by atoms with Crippen LogP contribution in [-0.4, -0.2) is 53.4 Å². The van der Waals surface area contributed by atoms with Gasteiger partial charge >= 0.3 is 0 Å². The molecule has 0 unspecified atom stereocenters. The van der Waals surface area contributed by atoms with E-state index in [0.29, 0.717) is 0 Å². The van der Waals surface area contributed by atoms with Crippen LogP contribution in [0.2, 0.25) is 0 Å². The second-order valence-electron chi connectivity index (χ2n) is 8.39. The van der Waals surface area contributed by atoms with Crippen LogP contribution in [0, 0.1) is 13.8 Å². The summed E-state index contributed by atoms with van der Waals surface area (Å²) in [6, 6.07) is 18.9. The molecule has 30 heavy (non-hydrogen) atoms. The standard InChI is InChI=1S/C26H31N3O/c1-20-11-12-25-23(18-20)19-24(21(2)27-25)26(30)29-15-7-14-28(16-17-29)13-6-10-22-8-4-3-5-9-22/h3-5,8-9,11-12,18-19H,6-7,10,13-17H2,1-2H3. The Kier molecular flexibility index (Phi) is 6.44. The van der Waals surface area contributed by atoms with E-state index in [1.807, 2.05) is 24.0 Å². The van der Waals surface area contributed by atoms with Gasteiger partial charge in [0, 0.05) is 25.0 Å². The average molecular weight is 402 g/mol. The Bertz CT molecular complexity index is 1020. The molecule has 2 aromatic carbocycles. The molecular weight excluding hydrogens is 370 g/mol. The molecule has 2 heterocycles. The van der Waals surface area contributed by atoms with Crippen molar-refractivity contribution in [1.29, 1.82) is 0 Å². The van der Waals surface area contributed by atoms with Crippen molar-refractivity contribution in [1.82, 2.24) is 14.8 Å². The Balaban J connectivity index is 1.37. The van der Waals surface area contributed by atoms with Gasteiger partial charge in [-0.05, 0) is 70.0 Å². The highest BCUT2D eigenvalue weighted by atomic mass is 16.2. The molecule has 4 rings (SSSR count). The Morgan fingerprint density at radius 1 is 0.967 bits per heavy atom. The molecule has 4 nitrogen and oxygen atoms in total. The molecule has 0 saturated carbocycles. The second kappa shape index (κ2) is 9.40. The molecule has 1 aliphatic rings. The summed E-state index contributed by atoms with van der Waals surface area (Å²) < 4.78 is 0. The van der Waals surface area contributed by atoms with E-state index >= 15 is 0 Å². The third kappa shape index (κ3) is 4.88. The van der Waals surface area contributed by atoms with Crippen molar-refractivity contribution in [3.8, 4) is 0 Å². The normalized spacial score (nSPS) is 15.3. The Labute approximate surface area is 179 Å². The number of carbonyl (C=O) groups excluding carboxylic acids is 1. The molecule has 0 bridgehead atoms. The van der Waals surface area contributed by atoms with E-state index < -0.39 is 0 Å². The number of hydrogen-bond donors (Lipinski definition) is 0. The first-order chi connectivity index (χ1) is 14.6. The number of carbonyl (C=O) groups is 1. The van der Waals surface area contributed by atoms with Crippen molar-refractivity contribution in [2.24, 2.45) is 0 Å². The molecule has 1 aromatic heterocycles. The quantitative estimate of drug-likeness (QED) is 0.625. The molecule has 0 atom stereocenters. The fourth-order valence-electron chi connectivity index (χ4n) is 4.33. The summed E-state index contributed by atoms with van der Waals surface area (Å²) in [6.07, 6.45) is 3.29. The van der Waals surface area contributed by atoms with Gasteiger partial charge in [-0.25, -0.2) is 0 Å². The largest absolute Gasteiger partial charge is 0.337 e. The van der Waals surface area contributed by atoms with Crippen LogP contribution in [0.5, 0.6) is 0 Å². The maximum absolute atomic E-state index is 13.3. The summed E-state index contributed by atoms with van der Waals surface area (Å²) >= 11 is 0. The minimum atomic E-state index is 0.120. The predicted octanol–water partition coefficient (Wildman–Crippen LogP) is 4.63. The van der Waals surface area contributed by atoms with Crippen molar-refractivity contribution >= 4 is 16.8 Å². The van der Waals surface area contributed by atoms with Crippen LogP contribution >= 0.6 is 0 Å². The van der Waals surface area contributed by atoms with E-state index in [2.05, 4.69) is 59.3 Å². The summed E-state index contributed by atoms with van der Waals surface area (Å²) in [7, 11) is 0. The molecule has 0 N–H and O–H groups in total. The van der Waals surface area contributed by atoms with E-state index in [1.54, 1.807) is 0 Å². The molecule has 3 aromatic rings. The zero-order chi connectivity index (χ0) is 20.9. The van der Waals surface area contributed by atoms with Crippen molar-refractivity contribution in [2.75, 3.05) is 32.7 Å². The van der Waals surface area contributed by atoms with Gasteiger partial charge in [0.1, 0.15) is 0 Å². The van der Waals surface area contributed by atoms with Gasteiger partial charge in [0.05, 0.1) is 16.8 Å². The van der Waals surface area contributed by atoms with Gasteiger partial charge in [0.15, 0.2) is 0 Å². The summed E-state index contributed by atoms with van der Waals surface area (Å²) in [5.41, 5.74) is 5.10. The van der Waals surface area contributed by atoms with Crippen LogP contribution in [0.1, 0.15) is 40.0 Å². The van der Waals surface area contributed by atoms with E-state index in [4.69, 9.17) is 0 Å². The lowest BCUT2D eigenvalue weighted by Crippen LogP contribution is -2.36. The maximum Gasteiger partial charge on any atom is 0.255 e. The van der Waals surface area contributed by atoms with Crippen LogP contribution in [0.25, 0.3) is 10.9 Å². The summed E-state index contributed by atoms with van der Waals surface area (Å²) in [6.45, 7) is 8.72. The molecule has 1 fully saturated rings. The maximum atomic E-state index is 13.3. The fourth-order valence-corrected chi connectivity index (χ4v) is 4.33. The number of pyridine rings is 1. The molecule has 1 aliphatic heterocycles. The zero-order valence-corrected chi connectivity index (χ0v) is 18.1. The number of rotatable bonds is 5. The summed E-state index contributed by atoms with van der Waals surface area (Å²) in [5, 5.41) is 1.04. The number of aromatic nitrogens is 1. The Morgan fingerprint density at radius 3 is 2.63 bits per heavy atom. The van der Waals surface area contributed by atoms with Crippen molar-refractivity contribution < 1.29 is 4.79 Å². The van der Waals surface area contributed by atoms with Crippen LogP contribution in [0.15, 0.2) is 54.6 Å². The first-order valence-corrected chi connectivity index (χ1v) is 11.0. The fraction of sp³-hybridized carbons (Fsp3) is 0.385. The average Bonchev–Trinajstić information content (AvgIpc) is 3.00. The number of aryl methyl sites for hydroxylation is 3. The molecular formula is C26H31N3O. The highest BCUT2D eigenvalue weighted by Crippen LogP contribution is 2.20. The molecule has 4 heteroatoms. The van der Waals surface area contributed by atoms with Gasteiger partial charge in [-0.15, -0.1) is 0 Å². The molecule has 0 spiro atoms. The lowest BCUT2D eigenvalue weighted by Gasteiger charge is -2.22. The summed E-state index contributed by atoms with van der Waals surface area (Å²) in [5.74, 6) is 0.120. The van der Waals surface area contributed by atoms with Gasteiger partial charge in [-0.1, -0.05) is 42.0 Å². The number of benzene rings is 2. The number of hydrogen-bond acceptors (Lipinski definition) is 3. The molecule has 156 valence electrons. The van der Waals surface area contributed by atoms with Crippen LogP contribution in [-0.2, 0) is 6.42 Å². The third-order valence-corrected chi connectivity index (χ3v) is 6.05. The van der Waals surface area contributed by atoms with Gasteiger partial charge in [-0.2, -0.15) is 0 Å². The lowest BCUT2D eigenvalue weighted by atomic mass is 10.1. The van der Waals surface area contributed by atoms with E-state index in [0.717, 1.165) is 74.1 Å². The van der Waals surface area contributed by atoms with Crippen molar-refractivity contribution in [3.05, 3.63) is 77.0 Å². The summed E-state index contributed by atoms with van der Waals surface area (Å²) in [4.78, 5) is 22.5. The number of nitrogens with zero attached hydrogens (tertiary/aromatic N) is 3. The first kappa shape index (κ1) is 20.5. The lowest BCUT2D eigenvalue weighted by molar-refractivity contribution is 0.0760. The van der Waals surface area contributed by atoms with Crippen LogP contribution in [0.4, 0.5) is 0 Å². The van der Waals surface area contributed by atoms with Gasteiger partial charge in [-0.3, -0.25) is 9.78 Å². The van der Waals surface area contributed by atoms with E-state index in [1.165, 1.54) is 11.1 Å². The van der Waals surface area contributed by atoms with Crippen LogP contribution < -0.4 is 0 Å². The highest BCUT2D eigenvalue weighted by molar-refractivity contribution is 5.98. The van der Waals surface area contributed by atoms with Gasteiger partial charge in [0.25, 0.3) is 5.91 Å². The minimum Gasteiger partial charge on any atom is -0.337 e. The second-order valence-corrected chi connectivity index (χ2v) is 8.39. The Morgan fingerprint density at radius 2 is 1.80 bits per heavy atom. The monoisotopic (exact) mass is 401 g/mol. The SMILES string of the molecule is Cc1ccc2nc(C)c(C(=O)N3CCCN(CCCc4ccccc4)CC3)cc2c1. The Hall–Kier alpha value is -2.72. The molecule has 0 aliphatic carbocycles. The predicted molar refractivity (Wildman–Crippen MR) is 123 cm³/mol. The van der Waals surface area contributed by atoms with E-state index in [-0.39, 0.29) is 5.91 Å². The number of amides is 1. The van der Waals surface area contributed by atoms with Gasteiger partial charge in [0.2, 0.25) is 0 Å². The first-order valence-electron chi connectivity index (χ1n) is 11.0. The van der Waals surface area contributed by atoms with Crippen molar-refractivity contribution in [3.63, 3.8) is 0 Å². The molecule has 0 radical (unpaired) electrons. The molecule has 1 amide bonds. The molecule has 1 saturated heterocycles. The smallest absolute Gasteiger partial charge is 0.255 e. The minimum absolute atomic E-state index is 0.120. The highest BCUT2D eigenvalue weighted by Gasteiger charge is 2.22. The zero-order valence-electron chi connectivity index (χ0n) is 18.1. The topological polar surface area (TPSA) is 36.4 Å². The van der Waals surface area contributed by atoms with Crippen LogP contribution in [0.3, 0.4) is 0 Å². The van der Waals surface area contributed by atoms with Gasteiger partial charge < -0.3 is 9.80 Å². The van der Waals surface area contributed by atoms with E-state index in [9.17, 15) is 4.79 Å². The third-order valence-electron chi connectivity index (χ3n) is 6.05.